The van der Waals surface area contributed by atoms with E-state index >= 15 is 0 Å². The lowest BCUT2D eigenvalue weighted by atomic mass is 10.2. The first-order valence-electron chi connectivity index (χ1n) is 7.20. The third-order valence-corrected chi connectivity index (χ3v) is 3.15. The summed E-state index contributed by atoms with van der Waals surface area (Å²) in [5, 5.41) is 8.96. The fraction of sp³-hybridized carbons (Fsp3) is 0.222. The van der Waals surface area contributed by atoms with Crippen LogP contribution in [0.2, 0.25) is 0 Å². The molecule has 0 aliphatic heterocycles. The van der Waals surface area contributed by atoms with Crippen molar-refractivity contribution in [1.29, 1.82) is 0 Å². The molecule has 0 saturated heterocycles. The molecule has 0 aliphatic carbocycles. The Kier molecular flexibility index (Phi) is 5.31. The summed E-state index contributed by atoms with van der Waals surface area (Å²) < 4.78 is 0. The van der Waals surface area contributed by atoms with Gasteiger partial charge in [-0.2, -0.15) is 0 Å². The standard InChI is InChI=1S/C18H22N4/c1-21(2)17(15-11-7-5-8-12-15)19-20-18(22(3)4)16-13-9-6-10-14-16/h5-14H,1-4H3/b19-17-,20-18-. The fourth-order valence-corrected chi connectivity index (χ4v) is 2.08. The van der Waals surface area contributed by atoms with Crippen molar-refractivity contribution in [2.45, 2.75) is 0 Å². The summed E-state index contributed by atoms with van der Waals surface area (Å²) in [7, 11) is 7.89. The summed E-state index contributed by atoms with van der Waals surface area (Å²) >= 11 is 0. The molecule has 4 heteroatoms. The van der Waals surface area contributed by atoms with Crippen molar-refractivity contribution >= 4 is 11.7 Å². The summed E-state index contributed by atoms with van der Waals surface area (Å²) in [4.78, 5) is 3.94. The third kappa shape index (κ3) is 3.95. The third-order valence-electron chi connectivity index (χ3n) is 3.15. The van der Waals surface area contributed by atoms with E-state index in [1.807, 2.05) is 98.7 Å². The SMILES string of the molecule is CN(C)/C(=N\N=C(\c1ccccc1)N(C)C)c1ccccc1. The topological polar surface area (TPSA) is 31.2 Å². The number of hydrogen-bond donors (Lipinski definition) is 0. The van der Waals surface area contributed by atoms with Gasteiger partial charge in [0.2, 0.25) is 0 Å². The molecule has 0 aliphatic rings. The Balaban J connectivity index is 2.42. The maximum atomic E-state index is 4.48. The van der Waals surface area contributed by atoms with Gasteiger partial charge in [-0.05, 0) is 0 Å². The van der Waals surface area contributed by atoms with Crippen molar-refractivity contribution in [3.8, 4) is 0 Å². The van der Waals surface area contributed by atoms with Crippen LogP contribution in [-0.2, 0) is 0 Å². The summed E-state index contributed by atoms with van der Waals surface area (Å²) in [6.45, 7) is 0. The number of hydrogen-bond acceptors (Lipinski definition) is 2. The highest BCUT2D eigenvalue weighted by molar-refractivity contribution is 6.01. The van der Waals surface area contributed by atoms with Crippen LogP contribution in [0.1, 0.15) is 11.1 Å². The van der Waals surface area contributed by atoms with E-state index in [9.17, 15) is 0 Å². The number of amidine groups is 2. The average Bonchev–Trinajstić information content (AvgIpc) is 2.52. The predicted octanol–water partition coefficient (Wildman–Crippen LogP) is 2.92. The summed E-state index contributed by atoms with van der Waals surface area (Å²) in [6, 6.07) is 20.1. The van der Waals surface area contributed by atoms with Crippen molar-refractivity contribution in [2.24, 2.45) is 10.2 Å². The summed E-state index contributed by atoms with van der Waals surface area (Å²) in [5.74, 6) is 1.66. The molecule has 0 spiro atoms. The molecular weight excluding hydrogens is 272 g/mol. The Hall–Kier alpha value is -2.62. The second-order valence-corrected chi connectivity index (χ2v) is 5.37. The quantitative estimate of drug-likeness (QED) is 0.495. The van der Waals surface area contributed by atoms with E-state index < -0.39 is 0 Å². The van der Waals surface area contributed by atoms with Gasteiger partial charge in [0.15, 0.2) is 11.7 Å². The van der Waals surface area contributed by atoms with Gasteiger partial charge >= 0.3 is 0 Å². The molecule has 0 bridgehead atoms. The molecule has 0 radical (unpaired) electrons. The molecule has 0 atom stereocenters. The average molecular weight is 294 g/mol. The zero-order valence-electron chi connectivity index (χ0n) is 13.6. The second kappa shape index (κ2) is 7.41. The van der Waals surface area contributed by atoms with E-state index in [-0.39, 0.29) is 0 Å². The molecule has 0 heterocycles. The normalized spacial score (nSPS) is 12.2. The second-order valence-electron chi connectivity index (χ2n) is 5.37. The minimum absolute atomic E-state index is 0.830. The van der Waals surface area contributed by atoms with Crippen molar-refractivity contribution in [2.75, 3.05) is 28.2 Å². The maximum absolute atomic E-state index is 4.48. The smallest absolute Gasteiger partial charge is 0.158 e. The van der Waals surface area contributed by atoms with Gasteiger partial charge in [0, 0.05) is 39.3 Å². The van der Waals surface area contributed by atoms with Crippen molar-refractivity contribution in [3.05, 3.63) is 71.8 Å². The first-order valence-corrected chi connectivity index (χ1v) is 7.20. The highest BCUT2D eigenvalue weighted by atomic mass is 15.3. The number of rotatable bonds is 3. The van der Waals surface area contributed by atoms with Crippen LogP contribution in [0, 0.1) is 0 Å². The molecule has 2 aromatic carbocycles. The molecule has 4 nitrogen and oxygen atoms in total. The van der Waals surface area contributed by atoms with Gasteiger partial charge in [-0.15, -0.1) is 10.2 Å². The predicted molar refractivity (Wildman–Crippen MR) is 93.3 cm³/mol. The van der Waals surface area contributed by atoms with Gasteiger partial charge in [-0.25, -0.2) is 0 Å². The van der Waals surface area contributed by atoms with Crippen LogP contribution in [0.15, 0.2) is 70.9 Å². The Morgan fingerprint density at radius 1 is 0.591 bits per heavy atom. The van der Waals surface area contributed by atoms with Crippen LogP contribution >= 0.6 is 0 Å². The van der Waals surface area contributed by atoms with Crippen molar-refractivity contribution in [1.82, 2.24) is 9.80 Å². The van der Waals surface area contributed by atoms with Gasteiger partial charge in [-0.3, -0.25) is 0 Å². The highest BCUT2D eigenvalue weighted by Crippen LogP contribution is 2.07. The van der Waals surface area contributed by atoms with Gasteiger partial charge in [0.05, 0.1) is 0 Å². The Morgan fingerprint density at radius 3 is 1.18 bits per heavy atom. The lowest BCUT2D eigenvalue weighted by Crippen LogP contribution is -2.25. The zero-order valence-corrected chi connectivity index (χ0v) is 13.6. The van der Waals surface area contributed by atoms with Crippen LogP contribution in [0.3, 0.4) is 0 Å². The summed E-state index contributed by atoms with van der Waals surface area (Å²) in [5.41, 5.74) is 2.09. The van der Waals surface area contributed by atoms with Crippen LogP contribution in [0.25, 0.3) is 0 Å². The maximum Gasteiger partial charge on any atom is 0.158 e. The molecule has 2 rings (SSSR count). The lowest BCUT2D eigenvalue weighted by Gasteiger charge is -2.17. The molecule has 0 amide bonds. The van der Waals surface area contributed by atoms with Gasteiger partial charge < -0.3 is 9.80 Å². The number of benzene rings is 2. The molecule has 0 unspecified atom stereocenters. The summed E-state index contributed by atoms with van der Waals surface area (Å²) in [6.07, 6.45) is 0. The molecular formula is C18H22N4. The minimum atomic E-state index is 0.830. The Bertz CT molecular complexity index is 584. The van der Waals surface area contributed by atoms with E-state index in [4.69, 9.17) is 0 Å². The van der Waals surface area contributed by atoms with E-state index in [0.717, 1.165) is 22.8 Å². The lowest BCUT2D eigenvalue weighted by molar-refractivity contribution is 0.610. The zero-order chi connectivity index (χ0) is 15.9. The largest absolute Gasteiger partial charge is 0.361 e. The van der Waals surface area contributed by atoms with Gasteiger partial charge in [0.25, 0.3) is 0 Å². The van der Waals surface area contributed by atoms with Crippen LogP contribution in [0.4, 0.5) is 0 Å². The minimum Gasteiger partial charge on any atom is -0.361 e. The molecule has 2 aromatic rings. The van der Waals surface area contributed by atoms with E-state index in [2.05, 4.69) is 10.2 Å². The first-order chi connectivity index (χ1) is 10.6. The number of nitrogens with zero attached hydrogens (tertiary/aromatic N) is 4. The van der Waals surface area contributed by atoms with Crippen molar-refractivity contribution in [3.63, 3.8) is 0 Å². The Labute approximate surface area is 132 Å². The highest BCUT2D eigenvalue weighted by Gasteiger charge is 2.08. The Morgan fingerprint density at radius 2 is 0.909 bits per heavy atom. The van der Waals surface area contributed by atoms with Crippen molar-refractivity contribution < 1.29 is 0 Å². The van der Waals surface area contributed by atoms with E-state index in [0.29, 0.717) is 0 Å². The van der Waals surface area contributed by atoms with E-state index in [1.165, 1.54) is 0 Å². The monoisotopic (exact) mass is 294 g/mol. The molecule has 0 aromatic heterocycles. The van der Waals surface area contributed by atoms with Gasteiger partial charge in [-0.1, -0.05) is 60.7 Å². The molecule has 0 fully saturated rings. The molecule has 114 valence electrons. The van der Waals surface area contributed by atoms with Crippen LogP contribution in [0.5, 0.6) is 0 Å². The first kappa shape index (κ1) is 15.8. The van der Waals surface area contributed by atoms with Crippen LogP contribution < -0.4 is 0 Å². The molecule has 0 saturated carbocycles. The molecule has 0 N–H and O–H groups in total. The van der Waals surface area contributed by atoms with E-state index in [1.54, 1.807) is 0 Å². The fourth-order valence-electron chi connectivity index (χ4n) is 2.08. The molecule has 22 heavy (non-hydrogen) atoms. The van der Waals surface area contributed by atoms with Crippen LogP contribution in [-0.4, -0.2) is 49.7 Å². The van der Waals surface area contributed by atoms with Gasteiger partial charge in [0.1, 0.15) is 0 Å².